The molecule has 0 N–H and O–H groups in total. The Morgan fingerprint density at radius 3 is 1.20 bits per heavy atom. The van der Waals surface area contributed by atoms with E-state index in [2.05, 4.69) is 42.3 Å². The molecule has 0 atom stereocenters. The summed E-state index contributed by atoms with van der Waals surface area (Å²) in [6.07, 6.45) is 47.4. The summed E-state index contributed by atoms with van der Waals surface area (Å²) in [4.78, 5) is 0. The maximum atomic E-state index is 2.63. The molecule has 0 radical (unpaired) electrons. The average molecular weight is 560 g/mol. The van der Waals surface area contributed by atoms with Gasteiger partial charge in [0.15, 0.2) is 0 Å². The van der Waals surface area contributed by atoms with Gasteiger partial charge in [-0.2, -0.15) is 0 Å². The van der Waals surface area contributed by atoms with Crippen LogP contribution in [-0.2, 0) is 19.5 Å². The van der Waals surface area contributed by atoms with E-state index >= 15 is 0 Å². The second kappa shape index (κ2) is 29.7. The zero-order valence-corrected chi connectivity index (χ0v) is 28.2. The molecule has 0 aliphatic rings. The lowest BCUT2D eigenvalue weighted by Gasteiger charge is -2.07. The zero-order valence-electron chi connectivity index (χ0n) is 28.2. The quantitative estimate of drug-likeness (QED) is 0.0613. The van der Waals surface area contributed by atoms with E-state index in [-0.39, 0.29) is 0 Å². The van der Waals surface area contributed by atoms with Crippen LogP contribution in [0.1, 0.15) is 213 Å². The third kappa shape index (κ3) is 21.9. The first-order valence-electron chi connectivity index (χ1n) is 18.9. The third-order valence-electron chi connectivity index (χ3n) is 9.10. The highest BCUT2D eigenvalue weighted by Crippen LogP contribution is 2.15. The first-order chi connectivity index (χ1) is 19.8. The zero-order chi connectivity index (χ0) is 28.8. The van der Waals surface area contributed by atoms with Gasteiger partial charge in [-0.25, -0.2) is 9.13 Å². The third-order valence-corrected chi connectivity index (χ3v) is 9.10. The van der Waals surface area contributed by atoms with Crippen LogP contribution in [0.2, 0.25) is 0 Å². The van der Waals surface area contributed by atoms with Crippen molar-refractivity contribution in [2.45, 2.75) is 226 Å². The van der Waals surface area contributed by atoms with Gasteiger partial charge in [0.1, 0.15) is 12.4 Å². The fraction of sp³-hybridized carbons (Fsp3) is 0.921. The molecule has 2 nitrogen and oxygen atoms in total. The van der Waals surface area contributed by atoms with E-state index in [1.807, 2.05) is 0 Å². The van der Waals surface area contributed by atoms with E-state index in [9.17, 15) is 0 Å². The Kier molecular flexibility index (Phi) is 27.6. The van der Waals surface area contributed by atoms with Crippen molar-refractivity contribution >= 4 is 0 Å². The van der Waals surface area contributed by atoms with Gasteiger partial charge in [-0.3, -0.25) is 0 Å². The van der Waals surface area contributed by atoms with Gasteiger partial charge in [0.25, 0.3) is 5.82 Å². The number of unbranched alkanes of at least 4 members (excludes halogenated alkanes) is 26. The van der Waals surface area contributed by atoms with Gasteiger partial charge < -0.3 is 0 Å². The van der Waals surface area contributed by atoms with Crippen LogP contribution in [-0.4, -0.2) is 4.57 Å². The van der Waals surface area contributed by atoms with Crippen LogP contribution < -0.4 is 4.57 Å². The summed E-state index contributed by atoms with van der Waals surface area (Å²) in [6, 6.07) is 0. The van der Waals surface area contributed by atoms with Crippen molar-refractivity contribution in [2.75, 3.05) is 0 Å². The largest absolute Gasteiger partial charge is 0.256 e. The molecule has 0 aliphatic heterocycles. The minimum atomic E-state index is 1.23. The van der Waals surface area contributed by atoms with Crippen molar-refractivity contribution in [2.24, 2.45) is 0 Å². The second-order valence-corrected chi connectivity index (χ2v) is 13.0. The topological polar surface area (TPSA) is 8.81 Å². The smallest absolute Gasteiger partial charge is 0.234 e. The normalized spacial score (nSPS) is 11.6. The Hall–Kier alpha value is -0.790. The van der Waals surface area contributed by atoms with Crippen molar-refractivity contribution < 1.29 is 4.57 Å². The molecule has 0 bridgehead atoms. The van der Waals surface area contributed by atoms with E-state index in [0.29, 0.717) is 0 Å². The second-order valence-electron chi connectivity index (χ2n) is 13.0. The maximum absolute atomic E-state index is 2.63. The molecule has 0 aromatic carbocycles. The van der Waals surface area contributed by atoms with Crippen LogP contribution in [0.3, 0.4) is 0 Å². The van der Waals surface area contributed by atoms with E-state index in [0.717, 1.165) is 0 Å². The Morgan fingerprint density at radius 1 is 0.425 bits per heavy atom. The number of aryl methyl sites for hydroxylation is 2. The number of hydrogen-bond donors (Lipinski definition) is 0. The lowest BCUT2D eigenvalue weighted by Crippen LogP contribution is -2.37. The van der Waals surface area contributed by atoms with Crippen LogP contribution in [0.4, 0.5) is 0 Å². The SMILES string of the molecule is CCCCCCCCCCCCCn1cc[n+](CCCCCCCCCCCCC)c1CCCCCCCCC. The molecule has 0 saturated heterocycles. The Balaban J connectivity index is 2.29. The highest BCUT2D eigenvalue weighted by atomic mass is 15.1. The molecule has 1 heterocycles. The minimum Gasteiger partial charge on any atom is -0.234 e. The number of aromatic nitrogens is 2. The van der Waals surface area contributed by atoms with Gasteiger partial charge in [0.2, 0.25) is 0 Å². The monoisotopic (exact) mass is 560 g/mol. The molecule has 1 rings (SSSR count). The van der Waals surface area contributed by atoms with E-state index < -0.39 is 0 Å². The summed E-state index contributed by atoms with van der Waals surface area (Å²) >= 11 is 0. The summed E-state index contributed by atoms with van der Waals surface area (Å²) in [6.45, 7) is 9.40. The van der Waals surface area contributed by atoms with E-state index in [1.165, 1.54) is 206 Å². The Labute approximate surface area is 253 Å². The molecule has 0 unspecified atom stereocenters. The van der Waals surface area contributed by atoms with Gasteiger partial charge in [-0.15, -0.1) is 0 Å². The van der Waals surface area contributed by atoms with E-state index in [4.69, 9.17) is 0 Å². The predicted molar refractivity (Wildman–Crippen MR) is 179 cm³/mol. The molecular formula is C38H75N2+. The molecule has 40 heavy (non-hydrogen) atoms. The first kappa shape index (κ1) is 37.2. The Bertz CT molecular complexity index is 576. The number of hydrogen-bond acceptors (Lipinski definition) is 0. The fourth-order valence-corrected chi connectivity index (χ4v) is 6.33. The van der Waals surface area contributed by atoms with Gasteiger partial charge in [0, 0.05) is 6.42 Å². The summed E-state index contributed by atoms with van der Waals surface area (Å²) < 4.78 is 5.26. The fourth-order valence-electron chi connectivity index (χ4n) is 6.33. The van der Waals surface area contributed by atoms with Crippen molar-refractivity contribution in [3.05, 3.63) is 18.2 Å². The summed E-state index contributed by atoms with van der Waals surface area (Å²) in [5.41, 5.74) is 0. The summed E-state index contributed by atoms with van der Waals surface area (Å²) in [5, 5.41) is 0. The molecule has 2 heteroatoms. The number of nitrogens with zero attached hydrogens (tertiary/aromatic N) is 2. The van der Waals surface area contributed by atoms with Crippen LogP contribution in [0.5, 0.6) is 0 Å². The number of imidazole rings is 1. The lowest BCUT2D eigenvalue weighted by atomic mass is 10.1. The van der Waals surface area contributed by atoms with Gasteiger partial charge in [-0.1, -0.05) is 175 Å². The molecule has 1 aromatic rings. The van der Waals surface area contributed by atoms with Crippen LogP contribution in [0.15, 0.2) is 12.4 Å². The molecule has 1 aromatic heterocycles. The minimum absolute atomic E-state index is 1.23. The highest BCUT2D eigenvalue weighted by Gasteiger charge is 2.16. The average Bonchev–Trinajstić information content (AvgIpc) is 3.35. The van der Waals surface area contributed by atoms with Crippen LogP contribution in [0, 0.1) is 0 Å². The van der Waals surface area contributed by atoms with Crippen LogP contribution in [0.25, 0.3) is 0 Å². The Morgan fingerprint density at radius 2 is 0.775 bits per heavy atom. The molecular weight excluding hydrogens is 484 g/mol. The van der Waals surface area contributed by atoms with Crippen molar-refractivity contribution in [3.8, 4) is 0 Å². The number of rotatable bonds is 32. The molecule has 0 spiro atoms. The molecule has 0 saturated carbocycles. The van der Waals surface area contributed by atoms with Crippen LogP contribution >= 0.6 is 0 Å². The van der Waals surface area contributed by atoms with Gasteiger partial charge in [0.05, 0.1) is 13.1 Å². The lowest BCUT2D eigenvalue weighted by molar-refractivity contribution is -0.704. The predicted octanol–water partition coefficient (Wildman–Crippen LogP) is 12.7. The van der Waals surface area contributed by atoms with Crippen molar-refractivity contribution in [1.82, 2.24) is 4.57 Å². The molecule has 0 amide bonds. The maximum Gasteiger partial charge on any atom is 0.256 e. The van der Waals surface area contributed by atoms with E-state index in [1.54, 1.807) is 5.82 Å². The summed E-state index contributed by atoms with van der Waals surface area (Å²) in [5.74, 6) is 1.62. The van der Waals surface area contributed by atoms with Crippen molar-refractivity contribution in [1.29, 1.82) is 0 Å². The van der Waals surface area contributed by atoms with Gasteiger partial charge in [-0.05, 0) is 32.1 Å². The summed E-state index contributed by atoms with van der Waals surface area (Å²) in [7, 11) is 0. The van der Waals surface area contributed by atoms with Crippen molar-refractivity contribution in [3.63, 3.8) is 0 Å². The highest BCUT2D eigenvalue weighted by molar-refractivity contribution is 4.84. The standard InChI is InChI=1S/C38H75N2/c1-4-7-10-13-16-18-20-22-25-28-31-34-39-36-37-40(38(39)33-30-27-24-15-12-9-6-3)35-32-29-26-23-21-19-17-14-11-8-5-2/h36-37H,4-35H2,1-3H3/q+1. The molecule has 0 aliphatic carbocycles. The molecule has 0 fully saturated rings. The molecule has 236 valence electrons. The van der Waals surface area contributed by atoms with Gasteiger partial charge >= 0.3 is 0 Å². The first-order valence-corrected chi connectivity index (χ1v) is 18.9.